The zero-order chi connectivity index (χ0) is 21.8. The number of pyridine rings is 1. The molecule has 0 bridgehead atoms. The number of anilines is 2. The summed E-state index contributed by atoms with van der Waals surface area (Å²) in [4.78, 5) is 17.6. The monoisotopic (exact) mass is 455 g/mol. The highest BCUT2D eigenvalue weighted by molar-refractivity contribution is 8.01. The first kappa shape index (κ1) is 21.0. The highest BCUT2D eigenvalue weighted by atomic mass is 32.2. The van der Waals surface area contributed by atoms with Crippen molar-refractivity contribution in [3.8, 4) is 11.5 Å². The molecule has 0 aliphatic rings. The molecule has 2 aromatic carbocycles. The van der Waals surface area contributed by atoms with Gasteiger partial charge in [0, 0.05) is 28.2 Å². The molecule has 2 aromatic heterocycles. The van der Waals surface area contributed by atoms with Crippen molar-refractivity contribution < 1.29 is 18.7 Å². The number of halogens is 1. The van der Waals surface area contributed by atoms with Gasteiger partial charge in [0.1, 0.15) is 5.82 Å². The summed E-state index contributed by atoms with van der Waals surface area (Å²) in [6, 6.07) is 14.7. The molecule has 0 saturated heterocycles. The van der Waals surface area contributed by atoms with Gasteiger partial charge < -0.3 is 14.8 Å². The minimum Gasteiger partial charge on any atom is -0.493 e. The molecule has 4 rings (SSSR count). The second-order valence-electron chi connectivity index (χ2n) is 6.34. The number of urea groups is 1. The normalized spacial score (nSPS) is 10.7. The van der Waals surface area contributed by atoms with Crippen molar-refractivity contribution in [1.82, 2.24) is 4.98 Å². The van der Waals surface area contributed by atoms with Crippen LogP contribution in [0.15, 0.2) is 69.9 Å². The zero-order valence-corrected chi connectivity index (χ0v) is 18.3. The van der Waals surface area contributed by atoms with Crippen LogP contribution in [-0.4, -0.2) is 25.2 Å². The van der Waals surface area contributed by atoms with Crippen molar-refractivity contribution in [1.29, 1.82) is 0 Å². The Hall–Kier alpha value is -3.30. The summed E-state index contributed by atoms with van der Waals surface area (Å²) in [7, 11) is 3.19. The van der Waals surface area contributed by atoms with E-state index in [0.717, 1.165) is 20.0 Å². The van der Waals surface area contributed by atoms with Gasteiger partial charge in [0.05, 0.1) is 28.9 Å². The molecule has 6 nitrogen and oxygen atoms in total. The number of benzene rings is 2. The third kappa shape index (κ3) is 4.89. The number of hydrogen-bond donors (Lipinski definition) is 2. The van der Waals surface area contributed by atoms with Crippen LogP contribution < -0.4 is 20.1 Å². The highest BCUT2D eigenvalue weighted by Crippen LogP contribution is 2.41. The summed E-state index contributed by atoms with van der Waals surface area (Å²) in [5, 5.41) is 7.00. The van der Waals surface area contributed by atoms with Crippen molar-refractivity contribution in [2.24, 2.45) is 0 Å². The van der Waals surface area contributed by atoms with Crippen LogP contribution in [-0.2, 0) is 0 Å². The molecule has 31 heavy (non-hydrogen) atoms. The second kappa shape index (κ2) is 9.23. The van der Waals surface area contributed by atoms with Crippen LogP contribution in [0.5, 0.6) is 11.5 Å². The number of nitrogens with zero attached hydrogens (tertiary/aromatic N) is 1. The van der Waals surface area contributed by atoms with Gasteiger partial charge in [0.2, 0.25) is 0 Å². The number of methoxy groups -OCH3 is 2. The Balaban J connectivity index is 1.50. The van der Waals surface area contributed by atoms with Crippen LogP contribution in [0.2, 0.25) is 0 Å². The molecule has 4 aromatic rings. The summed E-state index contributed by atoms with van der Waals surface area (Å²) in [6.07, 6.45) is 1.75. The molecule has 9 heteroatoms. The molecular weight excluding hydrogens is 437 g/mol. The van der Waals surface area contributed by atoms with E-state index in [-0.39, 0.29) is 0 Å². The highest BCUT2D eigenvalue weighted by Gasteiger charge is 2.12. The smallest absolute Gasteiger partial charge is 0.324 e. The number of hydrogen-bond acceptors (Lipinski definition) is 6. The van der Waals surface area contributed by atoms with E-state index in [2.05, 4.69) is 15.6 Å². The molecule has 2 amide bonds. The number of amides is 2. The summed E-state index contributed by atoms with van der Waals surface area (Å²) in [6.45, 7) is 0. The maximum atomic E-state index is 13.3. The zero-order valence-electron chi connectivity index (χ0n) is 16.6. The van der Waals surface area contributed by atoms with E-state index in [0.29, 0.717) is 22.2 Å². The summed E-state index contributed by atoms with van der Waals surface area (Å²) in [5.74, 6) is 0.843. The van der Waals surface area contributed by atoms with E-state index in [9.17, 15) is 9.18 Å². The van der Waals surface area contributed by atoms with Crippen LogP contribution in [0.4, 0.5) is 19.9 Å². The van der Waals surface area contributed by atoms with E-state index in [1.807, 2.05) is 30.3 Å². The van der Waals surface area contributed by atoms with Crippen LogP contribution in [0.1, 0.15) is 0 Å². The first-order chi connectivity index (χ1) is 15.1. The summed E-state index contributed by atoms with van der Waals surface area (Å²) < 4.78 is 25.0. The molecule has 0 spiro atoms. The Morgan fingerprint density at radius 1 is 1.03 bits per heavy atom. The Bertz CT molecular complexity index is 1250. The number of carbonyl (C=O) groups excluding carboxylic acids is 1. The quantitative estimate of drug-likeness (QED) is 0.360. The van der Waals surface area contributed by atoms with E-state index >= 15 is 0 Å². The number of fused-ring (bicyclic) bond motifs is 1. The molecular formula is C22H18FN3O3S2. The Kier molecular flexibility index (Phi) is 6.24. The Labute approximate surface area is 186 Å². The predicted molar refractivity (Wildman–Crippen MR) is 122 cm³/mol. The lowest BCUT2D eigenvalue weighted by Crippen LogP contribution is -2.18. The molecule has 0 saturated carbocycles. The van der Waals surface area contributed by atoms with Gasteiger partial charge in [-0.2, -0.15) is 0 Å². The van der Waals surface area contributed by atoms with Crippen molar-refractivity contribution in [3.05, 3.63) is 66.6 Å². The summed E-state index contributed by atoms with van der Waals surface area (Å²) >= 11 is 3.00. The van der Waals surface area contributed by atoms with Crippen molar-refractivity contribution in [2.45, 2.75) is 9.10 Å². The fourth-order valence-corrected chi connectivity index (χ4v) is 5.02. The van der Waals surface area contributed by atoms with Gasteiger partial charge >= 0.3 is 6.03 Å². The first-order valence-electron chi connectivity index (χ1n) is 9.17. The molecule has 0 unspecified atom stereocenters. The molecule has 158 valence electrons. The largest absolute Gasteiger partial charge is 0.493 e. The number of nitrogens with one attached hydrogen (secondary N) is 2. The van der Waals surface area contributed by atoms with Crippen LogP contribution in [0, 0.1) is 5.82 Å². The minimum absolute atomic E-state index is 0.385. The Morgan fingerprint density at radius 2 is 1.84 bits per heavy atom. The fraction of sp³-hybridized carbons (Fsp3) is 0.0909. The van der Waals surface area contributed by atoms with Crippen molar-refractivity contribution in [3.63, 3.8) is 0 Å². The molecule has 0 aliphatic heterocycles. The van der Waals surface area contributed by atoms with Gasteiger partial charge in [-0.05, 0) is 42.5 Å². The molecule has 2 N–H and O–H groups in total. The Morgan fingerprint density at radius 3 is 2.61 bits per heavy atom. The van der Waals surface area contributed by atoms with Gasteiger partial charge in [-0.15, -0.1) is 11.3 Å². The molecule has 2 heterocycles. The lowest BCUT2D eigenvalue weighted by Gasteiger charge is -2.10. The number of thiophene rings is 1. The van der Waals surface area contributed by atoms with E-state index in [1.54, 1.807) is 38.2 Å². The van der Waals surface area contributed by atoms with Gasteiger partial charge in [-0.3, -0.25) is 10.3 Å². The van der Waals surface area contributed by atoms with E-state index in [1.165, 1.54) is 29.5 Å². The van der Waals surface area contributed by atoms with Crippen LogP contribution in [0.25, 0.3) is 10.9 Å². The third-order valence-electron chi connectivity index (χ3n) is 4.32. The number of ether oxygens (including phenoxy) is 2. The van der Waals surface area contributed by atoms with Gasteiger partial charge in [-0.25, -0.2) is 9.18 Å². The molecule has 0 fully saturated rings. The van der Waals surface area contributed by atoms with Crippen molar-refractivity contribution in [2.75, 3.05) is 24.9 Å². The standard InChI is InChI=1S/C22H18FN3O3S2/c1-28-17-11-15-16(12-18(17)29-2)24-9-8-19(15)30-21-7-6-20(31-21)26-22(27)25-14-5-3-4-13(23)10-14/h3-12H,1-2H3,(H2,25,26,27). The molecule has 0 aliphatic carbocycles. The minimum atomic E-state index is -0.435. The SMILES string of the molecule is COc1cc2nccc(Sc3ccc(NC(=O)Nc4cccc(F)c4)s3)c2cc1OC. The topological polar surface area (TPSA) is 72.5 Å². The number of carbonyl (C=O) groups is 1. The van der Waals surface area contributed by atoms with Gasteiger partial charge in [0.25, 0.3) is 0 Å². The average Bonchev–Trinajstić information content (AvgIpc) is 3.19. The molecule has 0 atom stereocenters. The van der Waals surface area contributed by atoms with E-state index < -0.39 is 11.8 Å². The first-order valence-corrected chi connectivity index (χ1v) is 10.8. The maximum absolute atomic E-state index is 13.3. The number of rotatable bonds is 6. The third-order valence-corrected chi connectivity index (χ3v) is 6.53. The molecule has 0 radical (unpaired) electrons. The lowest BCUT2D eigenvalue weighted by atomic mass is 10.2. The fourth-order valence-electron chi connectivity index (χ4n) is 2.93. The average molecular weight is 456 g/mol. The van der Waals surface area contributed by atoms with E-state index in [4.69, 9.17) is 9.47 Å². The second-order valence-corrected chi connectivity index (χ2v) is 8.77. The summed E-state index contributed by atoms with van der Waals surface area (Å²) in [5.41, 5.74) is 1.18. The van der Waals surface area contributed by atoms with Crippen LogP contribution in [0.3, 0.4) is 0 Å². The number of aromatic nitrogens is 1. The van der Waals surface area contributed by atoms with Gasteiger partial charge in [-0.1, -0.05) is 17.8 Å². The van der Waals surface area contributed by atoms with Crippen LogP contribution >= 0.6 is 23.1 Å². The predicted octanol–water partition coefficient (Wildman–Crippen LogP) is 6.25. The van der Waals surface area contributed by atoms with Crippen molar-refractivity contribution >= 4 is 50.7 Å². The van der Waals surface area contributed by atoms with Gasteiger partial charge in [0.15, 0.2) is 11.5 Å². The maximum Gasteiger partial charge on any atom is 0.324 e. The lowest BCUT2D eigenvalue weighted by molar-refractivity contribution is 0.262.